The lowest BCUT2D eigenvalue weighted by Gasteiger charge is -2.34. The topological polar surface area (TPSA) is 73.9 Å². The van der Waals surface area contributed by atoms with Crippen LogP contribution in [-0.4, -0.2) is 34.8 Å². The lowest BCUT2D eigenvalue weighted by molar-refractivity contribution is 0.0274. The molecular weight excluding hydrogens is 270 g/mol. The Bertz CT molecular complexity index is 703. The summed E-state index contributed by atoms with van der Waals surface area (Å²) in [6.07, 6.45) is 1.57. The molecule has 0 spiro atoms. The van der Waals surface area contributed by atoms with Crippen LogP contribution < -0.4 is 5.63 Å². The second-order valence-electron chi connectivity index (χ2n) is 5.96. The Morgan fingerprint density at radius 2 is 2.10 bits per heavy atom. The summed E-state index contributed by atoms with van der Waals surface area (Å²) in [6.45, 7) is 1.54. The van der Waals surface area contributed by atoms with Crippen LogP contribution in [0.15, 0.2) is 33.5 Å². The predicted molar refractivity (Wildman–Crippen MR) is 79.2 cm³/mol. The van der Waals surface area contributed by atoms with E-state index in [9.17, 15) is 15.0 Å². The Kier molecular flexibility index (Phi) is 3.69. The molecule has 21 heavy (non-hydrogen) atoms. The van der Waals surface area contributed by atoms with Crippen molar-refractivity contribution < 1.29 is 14.6 Å². The third-order valence-corrected chi connectivity index (χ3v) is 4.03. The fourth-order valence-corrected chi connectivity index (χ4v) is 3.00. The zero-order valence-electron chi connectivity index (χ0n) is 12.0. The molecule has 1 aliphatic carbocycles. The molecule has 0 amide bonds. The van der Waals surface area contributed by atoms with Gasteiger partial charge in [-0.25, -0.2) is 4.79 Å². The zero-order chi connectivity index (χ0) is 15.0. The van der Waals surface area contributed by atoms with E-state index in [4.69, 9.17) is 4.42 Å². The molecular formula is C16H19NO4. The molecule has 1 saturated carbocycles. The first-order valence-corrected chi connectivity index (χ1v) is 7.13. The minimum absolute atomic E-state index is 0.0830. The highest BCUT2D eigenvalue weighted by Gasteiger charge is 2.27. The summed E-state index contributed by atoms with van der Waals surface area (Å²) in [5, 5.41) is 19.7. The molecule has 0 unspecified atom stereocenters. The lowest BCUT2D eigenvalue weighted by Crippen LogP contribution is -2.36. The third-order valence-electron chi connectivity index (χ3n) is 4.03. The van der Waals surface area contributed by atoms with E-state index < -0.39 is 5.63 Å². The van der Waals surface area contributed by atoms with Crippen molar-refractivity contribution in [2.45, 2.75) is 25.5 Å². The summed E-state index contributed by atoms with van der Waals surface area (Å²) < 4.78 is 5.13. The van der Waals surface area contributed by atoms with Gasteiger partial charge in [0.1, 0.15) is 11.3 Å². The molecule has 0 bridgehead atoms. The number of fused-ring (bicyclic) bond motifs is 1. The number of aliphatic hydroxyl groups excluding tert-OH is 1. The van der Waals surface area contributed by atoms with Crippen molar-refractivity contribution in [3.8, 4) is 5.75 Å². The molecule has 3 rings (SSSR count). The van der Waals surface area contributed by atoms with Crippen LogP contribution in [0.2, 0.25) is 0 Å². The minimum atomic E-state index is -0.407. The van der Waals surface area contributed by atoms with Crippen LogP contribution in [0.5, 0.6) is 5.75 Å². The molecule has 2 aromatic rings. The Morgan fingerprint density at radius 1 is 1.33 bits per heavy atom. The van der Waals surface area contributed by atoms with E-state index in [0.717, 1.165) is 30.3 Å². The Morgan fingerprint density at radius 3 is 2.81 bits per heavy atom. The Balaban J connectivity index is 1.81. The number of hydrogen-bond acceptors (Lipinski definition) is 5. The maximum atomic E-state index is 11.6. The molecule has 1 aromatic heterocycles. The third kappa shape index (κ3) is 3.09. The molecule has 2 N–H and O–H groups in total. The van der Waals surface area contributed by atoms with Crippen LogP contribution in [0.3, 0.4) is 0 Å². The number of rotatable bonds is 4. The average molecular weight is 289 g/mol. The monoisotopic (exact) mass is 289 g/mol. The predicted octanol–water partition coefficient (Wildman–Crippen LogP) is 1.70. The molecule has 5 heteroatoms. The van der Waals surface area contributed by atoms with Crippen molar-refractivity contribution in [1.29, 1.82) is 0 Å². The highest BCUT2D eigenvalue weighted by molar-refractivity contribution is 5.81. The van der Waals surface area contributed by atoms with Gasteiger partial charge in [0, 0.05) is 30.6 Å². The molecule has 1 heterocycles. The summed E-state index contributed by atoms with van der Waals surface area (Å²) in [5.74, 6) is 0.611. The van der Waals surface area contributed by atoms with Crippen molar-refractivity contribution in [3.05, 3.63) is 40.2 Å². The standard InChI is InChI=1S/C16H19NO4/c1-17(8-10-4-13(19)5-10)9-11-6-16(20)21-15-7-12(18)2-3-14(11)15/h2-3,6-7,10,13,18-19H,4-5,8-9H2,1H3. The fourth-order valence-electron chi connectivity index (χ4n) is 3.00. The quantitative estimate of drug-likeness (QED) is 0.838. The number of benzene rings is 1. The van der Waals surface area contributed by atoms with Gasteiger partial charge in [0.05, 0.1) is 6.10 Å². The molecule has 0 atom stereocenters. The summed E-state index contributed by atoms with van der Waals surface area (Å²) in [6, 6.07) is 6.33. The summed E-state index contributed by atoms with van der Waals surface area (Å²) in [4.78, 5) is 13.8. The van der Waals surface area contributed by atoms with Crippen LogP contribution in [0.1, 0.15) is 18.4 Å². The first-order valence-electron chi connectivity index (χ1n) is 7.13. The largest absolute Gasteiger partial charge is 0.508 e. The van der Waals surface area contributed by atoms with Crippen molar-refractivity contribution in [3.63, 3.8) is 0 Å². The van der Waals surface area contributed by atoms with E-state index in [0.29, 0.717) is 18.0 Å². The Hall–Kier alpha value is -1.85. The number of nitrogens with zero attached hydrogens (tertiary/aromatic N) is 1. The molecule has 1 fully saturated rings. The lowest BCUT2D eigenvalue weighted by atomic mass is 9.82. The molecule has 0 aliphatic heterocycles. The Labute approximate surface area is 122 Å². The average Bonchev–Trinajstić information content (AvgIpc) is 2.35. The maximum Gasteiger partial charge on any atom is 0.336 e. The molecule has 1 aromatic carbocycles. The van der Waals surface area contributed by atoms with Gasteiger partial charge >= 0.3 is 5.63 Å². The van der Waals surface area contributed by atoms with Gasteiger partial charge in [0.2, 0.25) is 0 Å². The van der Waals surface area contributed by atoms with Gasteiger partial charge in [-0.15, -0.1) is 0 Å². The van der Waals surface area contributed by atoms with E-state index in [1.807, 2.05) is 7.05 Å². The SMILES string of the molecule is CN(Cc1cc(=O)oc2cc(O)ccc12)CC1CC(O)C1. The van der Waals surface area contributed by atoms with Gasteiger partial charge in [-0.3, -0.25) is 0 Å². The van der Waals surface area contributed by atoms with Gasteiger partial charge in [-0.2, -0.15) is 0 Å². The number of phenols is 1. The van der Waals surface area contributed by atoms with Crippen molar-refractivity contribution in [2.75, 3.05) is 13.6 Å². The van der Waals surface area contributed by atoms with Crippen LogP contribution in [0, 0.1) is 5.92 Å². The molecule has 112 valence electrons. The van der Waals surface area contributed by atoms with Crippen LogP contribution in [-0.2, 0) is 6.54 Å². The number of aliphatic hydroxyl groups is 1. The summed E-state index contributed by atoms with van der Waals surface area (Å²) >= 11 is 0. The first kappa shape index (κ1) is 14.1. The van der Waals surface area contributed by atoms with Crippen LogP contribution >= 0.6 is 0 Å². The first-order chi connectivity index (χ1) is 10.0. The molecule has 0 radical (unpaired) electrons. The van der Waals surface area contributed by atoms with E-state index in [1.165, 1.54) is 12.1 Å². The van der Waals surface area contributed by atoms with Gasteiger partial charge in [0.25, 0.3) is 0 Å². The van der Waals surface area contributed by atoms with E-state index >= 15 is 0 Å². The summed E-state index contributed by atoms with van der Waals surface area (Å²) in [5.41, 5.74) is 0.893. The normalized spacial score (nSPS) is 21.7. The van der Waals surface area contributed by atoms with Crippen molar-refractivity contribution >= 4 is 11.0 Å². The molecule has 5 nitrogen and oxygen atoms in total. The van der Waals surface area contributed by atoms with Crippen molar-refractivity contribution in [1.82, 2.24) is 4.90 Å². The number of hydrogen-bond donors (Lipinski definition) is 2. The van der Waals surface area contributed by atoms with E-state index in [2.05, 4.69) is 4.90 Å². The van der Waals surface area contributed by atoms with Gasteiger partial charge < -0.3 is 19.5 Å². The smallest absolute Gasteiger partial charge is 0.336 e. The van der Waals surface area contributed by atoms with E-state index in [1.54, 1.807) is 12.1 Å². The van der Waals surface area contributed by atoms with Crippen LogP contribution in [0.25, 0.3) is 11.0 Å². The molecule has 1 aliphatic rings. The number of phenolic OH excluding ortho intramolecular Hbond substituents is 1. The van der Waals surface area contributed by atoms with Gasteiger partial charge in [-0.1, -0.05) is 0 Å². The highest BCUT2D eigenvalue weighted by Crippen LogP contribution is 2.28. The van der Waals surface area contributed by atoms with Crippen LogP contribution in [0.4, 0.5) is 0 Å². The second kappa shape index (κ2) is 5.50. The zero-order valence-corrected chi connectivity index (χ0v) is 12.0. The van der Waals surface area contributed by atoms with Gasteiger partial charge in [-0.05, 0) is 43.5 Å². The highest BCUT2D eigenvalue weighted by atomic mass is 16.4. The molecule has 0 saturated heterocycles. The van der Waals surface area contributed by atoms with Crippen molar-refractivity contribution in [2.24, 2.45) is 5.92 Å². The number of aromatic hydroxyl groups is 1. The maximum absolute atomic E-state index is 11.6. The van der Waals surface area contributed by atoms with Gasteiger partial charge in [0.15, 0.2) is 0 Å². The van der Waals surface area contributed by atoms with E-state index in [-0.39, 0.29) is 11.9 Å². The summed E-state index contributed by atoms with van der Waals surface area (Å²) in [7, 11) is 2.01. The second-order valence-corrected chi connectivity index (χ2v) is 5.96. The fraction of sp³-hybridized carbons (Fsp3) is 0.438. The minimum Gasteiger partial charge on any atom is -0.508 e.